The number of rotatable bonds is 17. The van der Waals surface area contributed by atoms with Crippen LogP contribution in [0.4, 0.5) is 0 Å². The summed E-state index contributed by atoms with van der Waals surface area (Å²) in [5.74, 6) is 0. The lowest BCUT2D eigenvalue weighted by atomic mass is 9.88. The average molecular weight is 547 g/mol. The molecule has 2 N–H and O–H groups in total. The minimum absolute atomic E-state index is 0.629. The molecule has 0 heterocycles. The average Bonchev–Trinajstić information content (AvgIpc) is 2.92. The highest BCUT2D eigenvalue weighted by Crippen LogP contribution is 2.40. The smallest absolute Gasteiger partial charge is 0.200 e. The van der Waals surface area contributed by atoms with Gasteiger partial charge in [-0.05, 0) is 84.5 Å². The number of hydrogen-bond acceptors (Lipinski definition) is 2. The molecule has 39 heavy (non-hydrogen) atoms. The molecule has 3 rings (SSSR count). The molecule has 0 spiro atoms. The highest BCUT2D eigenvalue weighted by atomic mass is 31.2. The van der Waals surface area contributed by atoms with Crippen LogP contribution in [0.15, 0.2) is 54.6 Å². The van der Waals surface area contributed by atoms with Gasteiger partial charge in [-0.1, -0.05) is 127 Å². The van der Waals surface area contributed by atoms with Gasteiger partial charge in [-0.25, -0.2) is 0 Å². The van der Waals surface area contributed by atoms with Gasteiger partial charge in [0.2, 0.25) is 0 Å². The molecule has 3 aromatic carbocycles. The SMILES string of the molecule is CCCCCCCCc1ccc(-c2cccc(P(O)O)c2-c2ccc(CCCCCCCC)cc2C)c(C)c1. The van der Waals surface area contributed by atoms with E-state index < -0.39 is 8.38 Å². The molecular formula is C36H51O2P. The Balaban J connectivity index is 1.82. The zero-order chi connectivity index (χ0) is 28.0. The second-order valence-corrected chi connectivity index (χ2v) is 12.4. The van der Waals surface area contributed by atoms with Crippen molar-refractivity contribution < 1.29 is 9.79 Å². The molecule has 3 heteroatoms. The third kappa shape index (κ3) is 9.56. The summed E-state index contributed by atoms with van der Waals surface area (Å²) in [6, 6.07) is 19.5. The number of unbranched alkanes of at least 4 members (excludes halogenated alkanes) is 10. The van der Waals surface area contributed by atoms with Crippen molar-refractivity contribution in [1.82, 2.24) is 0 Å². The Labute approximate surface area is 239 Å². The van der Waals surface area contributed by atoms with Crippen LogP contribution in [0.5, 0.6) is 0 Å². The zero-order valence-electron chi connectivity index (χ0n) is 24.9. The van der Waals surface area contributed by atoms with Crippen molar-refractivity contribution in [2.45, 2.75) is 118 Å². The second kappa shape index (κ2) is 17.0. The minimum atomic E-state index is -2.21. The third-order valence-corrected chi connectivity index (χ3v) is 8.84. The first kappa shape index (κ1) is 31.5. The fourth-order valence-electron chi connectivity index (χ4n) is 5.78. The van der Waals surface area contributed by atoms with Gasteiger partial charge in [0, 0.05) is 10.9 Å². The summed E-state index contributed by atoms with van der Waals surface area (Å²) < 4.78 is 0. The van der Waals surface area contributed by atoms with Crippen molar-refractivity contribution in [3.05, 3.63) is 76.9 Å². The Morgan fingerprint density at radius 1 is 0.538 bits per heavy atom. The van der Waals surface area contributed by atoms with Gasteiger partial charge >= 0.3 is 0 Å². The maximum Gasteiger partial charge on any atom is 0.200 e. The van der Waals surface area contributed by atoms with Crippen LogP contribution in [-0.2, 0) is 12.8 Å². The molecule has 0 aliphatic heterocycles. The van der Waals surface area contributed by atoms with E-state index in [2.05, 4.69) is 70.2 Å². The highest BCUT2D eigenvalue weighted by molar-refractivity contribution is 7.54. The molecule has 0 bridgehead atoms. The first-order valence-corrected chi connectivity index (χ1v) is 16.7. The van der Waals surface area contributed by atoms with Gasteiger partial charge in [-0.2, -0.15) is 0 Å². The van der Waals surface area contributed by atoms with Crippen molar-refractivity contribution in [2.75, 3.05) is 0 Å². The normalized spacial score (nSPS) is 11.5. The van der Waals surface area contributed by atoms with Crippen LogP contribution in [0.3, 0.4) is 0 Å². The zero-order valence-corrected chi connectivity index (χ0v) is 25.8. The molecule has 0 atom stereocenters. The lowest BCUT2D eigenvalue weighted by Crippen LogP contribution is -2.08. The molecule has 2 nitrogen and oxygen atoms in total. The molecule has 3 aromatic rings. The minimum Gasteiger partial charge on any atom is -0.347 e. The van der Waals surface area contributed by atoms with Crippen LogP contribution in [0.2, 0.25) is 0 Å². The van der Waals surface area contributed by atoms with Gasteiger partial charge in [-0.15, -0.1) is 0 Å². The molecule has 0 radical (unpaired) electrons. The van der Waals surface area contributed by atoms with Gasteiger partial charge in [0.1, 0.15) is 0 Å². The molecule has 0 saturated heterocycles. The standard InChI is InChI=1S/C36H51O2P/c1-5-7-9-11-13-15-18-30-22-24-32(28(3)26-30)34-20-17-21-35(39(37)38)36(34)33-25-23-31(27-29(33)4)19-16-14-12-10-8-6-2/h17,20-27,37-38H,5-16,18-19H2,1-4H3. The Morgan fingerprint density at radius 3 is 1.51 bits per heavy atom. The maximum atomic E-state index is 10.4. The number of benzene rings is 3. The summed E-state index contributed by atoms with van der Waals surface area (Å²) in [5, 5.41) is 0.629. The highest BCUT2D eigenvalue weighted by Gasteiger charge is 2.20. The molecule has 0 aliphatic rings. The van der Waals surface area contributed by atoms with E-state index in [1.807, 2.05) is 12.1 Å². The molecule has 0 aliphatic carbocycles. The van der Waals surface area contributed by atoms with E-state index in [0.29, 0.717) is 5.30 Å². The van der Waals surface area contributed by atoms with Gasteiger partial charge in [0.15, 0.2) is 8.38 Å². The van der Waals surface area contributed by atoms with E-state index in [1.165, 1.54) is 105 Å². The Kier molecular flexibility index (Phi) is 13.7. The molecule has 0 saturated carbocycles. The van der Waals surface area contributed by atoms with Crippen molar-refractivity contribution in [1.29, 1.82) is 0 Å². The topological polar surface area (TPSA) is 40.5 Å². The van der Waals surface area contributed by atoms with E-state index in [9.17, 15) is 9.79 Å². The quantitative estimate of drug-likeness (QED) is 0.131. The molecule has 0 aromatic heterocycles. The van der Waals surface area contributed by atoms with E-state index in [4.69, 9.17) is 0 Å². The summed E-state index contributed by atoms with van der Waals surface area (Å²) in [7, 11) is -2.21. The Morgan fingerprint density at radius 2 is 1.03 bits per heavy atom. The summed E-state index contributed by atoms with van der Waals surface area (Å²) in [6.07, 6.45) is 17.9. The van der Waals surface area contributed by atoms with Crippen LogP contribution in [0.25, 0.3) is 22.3 Å². The van der Waals surface area contributed by atoms with Gasteiger partial charge in [-0.3, -0.25) is 0 Å². The maximum absolute atomic E-state index is 10.4. The first-order chi connectivity index (χ1) is 19.0. The van der Waals surface area contributed by atoms with Crippen LogP contribution in [0, 0.1) is 13.8 Å². The van der Waals surface area contributed by atoms with E-state index in [-0.39, 0.29) is 0 Å². The third-order valence-electron chi connectivity index (χ3n) is 8.04. The van der Waals surface area contributed by atoms with Crippen LogP contribution < -0.4 is 5.30 Å². The van der Waals surface area contributed by atoms with Gasteiger partial charge in [0.25, 0.3) is 0 Å². The van der Waals surface area contributed by atoms with Crippen LogP contribution in [-0.4, -0.2) is 9.79 Å². The van der Waals surface area contributed by atoms with Crippen molar-refractivity contribution in [2.24, 2.45) is 0 Å². The summed E-state index contributed by atoms with van der Waals surface area (Å²) in [4.78, 5) is 20.8. The van der Waals surface area contributed by atoms with Crippen molar-refractivity contribution in [3.8, 4) is 22.3 Å². The Hall–Kier alpha value is -1.99. The molecular weight excluding hydrogens is 495 g/mol. The molecule has 0 amide bonds. The lowest BCUT2D eigenvalue weighted by molar-refractivity contribution is 0.497. The fourth-order valence-corrected chi connectivity index (χ4v) is 6.44. The van der Waals surface area contributed by atoms with Gasteiger partial charge in [0.05, 0.1) is 0 Å². The lowest BCUT2D eigenvalue weighted by Gasteiger charge is -2.20. The predicted octanol–water partition coefficient (Wildman–Crippen LogP) is 10.4. The van der Waals surface area contributed by atoms with Crippen molar-refractivity contribution in [3.63, 3.8) is 0 Å². The molecule has 0 fully saturated rings. The van der Waals surface area contributed by atoms with Gasteiger partial charge < -0.3 is 9.79 Å². The van der Waals surface area contributed by atoms with Crippen LogP contribution >= 0.6 is 8.38 Å². The predicted molar refractivity (Wildman–Crippen MR) is 172 cm³/mol. The number of aryl methyl sites for hydroxylation is 4. The number of hydrogen-bond donors (Lipinski definition) is 2. The van der Waals surface area contributed by atoms with Crippen LogP contribution in [0.1, 0.15) is 113 Å². The first-order valence-electron chi connectivity index (χ1n) is 15.5. The largest absolute Gasteiger partial charge is 0.347 e. The summed E-state index contributed by atoms with van der Waals surface area (Å²) in [5.41, 5.74) is 9.52. The van der Waals surface area contributed by atoms with E-state index >= 15 is 0 Å². The van der Waals surface area contributed by atoms with E-state index in [0.717, 1.165) is 29.5 Å². The summed E-state index contributed by atoms with van der Waals surface area (Å²) in [6.45, 7) is 8.88. The summed E-state index contributed by atoms with van der Waals surface area (Å²) >= 11 is 0. The molecule has 0 unspecified atom stereocenters. The Bertz CT molecular complexity index is 1150. The van der Waals surface area contributed by atoms with Crippen molar-refractivity contribution >= 4 is 13.7 Å². The monoisotopic (exact) mass is 546 g/mol. The molecule has 212 valence electrons. The van der Waals surface area contributed by atoms with E-state index in [1.54, 1.807) is 0 Å². The second-order valence-electron chi connectivity index (χ2n) is 11.3. The fraction of sp³-hybridized carbons (Fsp3) is 0.500.